The molecule has 0 amide bonds. The number of benzene rings is 1. The Morgan fingerprint density at radius 2 is 2.14 bits per heavy atom. The van der Waals surface area contributed by atoms with Crippen LogP contribution in [0.4, 0.5) is 5.69 Å². The molecular weight excluding hydrogens is 302 g/mol. The van der Waals surface area contributed by atoms with Gasteiger partial charge in [0.25, 0.3) is 0 Å². The van der Waals surface area contributed by atoms with Gasteiger partial charge in [-0.05, 0) is 25.1 Å². The van der Waals surface area contributed by atoms with E-state index in [1.807, 2.05) is 13.0 Å². The van der Waals surface area contributed by atoms with Gasteiger partial charge in [0.2, 0.25) is 0 Å². The molecule has 0 spiro atoms. The van der Waals surface area contributed by atoms with E-state index in [9.17, 15) is 0 Å². The standard InChI is InChI=1S/C15H18ClN5O/c1-10-13(19-8-7-18-10)5-6-20-15(17)21-11-3-4-14(22-2)12(16)9-11/h3-4,7-9H,5-6H2,1-2H3,(H3,17,20,21). The molecule has 0 bridgehead atoms. The van der Waals surface area contributed by atoms with E-state index < -0.39 is 0 Å². The topological polar surface area (TPSA) is 85.4 Å². The Morgan fingerprint density at radius 1 is 1.36 bits per heavy atom. The number of ether oxygens (including phenoxy) is 1. The van der Waals surface area contributed by atoms with Crippen molar-refractivity contribution in [1.82, 2.24) is 9.97 Å². The number of anilines is 1. The fourth-order valence-corrected chi connectivity index (χ4v) is 2.15. The smallest absolute Gasteiger partial charge is 0.193 e. The van der Waals surface area contributed by atoms with Gasteiger partial charge in [0.05, 0.1) is 23.5 Å². The molecule has 1 aromatic carbocycles. The lowest BCUT2D eigenvalue weighted by Crippen LogP contribution is -2.23. The van der Waals surface area contributed by atoms with Crippen molar-refractivity contribution < 1.29 is 4.74 Å². The van der Waals surface area contributed by atoms with Crippen LogP contribution in [-0.4, -0.2) is 29.6 Å². The molecule has 1 aromatic heterocycles. The van der Waals surface area contributed by atoms with E-state index in [0.717, 1.165) is 17.1 Å². The molecular formula is C15H18ClN5O. The summed E-state index contributed by atoms with van der Waals surface area (Å²) in [5.41, 5.74) is 8.44. The summed E-state index contributed by atoms with van der Waals surface area (Å²) in [6.07, 6.45) is 4.03. The first-order valence-corrected chi connectivity index (χ1v) is 7.15. The number of methoxy groups -OCH3 is 1. The van der Waals surface area contributed by atoms with E-state index >= 15 is 0 Å². The van der Waals surface area contributed by atoms with Crippen LogP contribution >= 0.6 is 11.6 Å². The summed E-state index contributed by atoms with van der Waals surface area (Å²) in [6, 6.07) is 5.32. The van der Waals surface area contributed by atoms with Gasteiger partial charge in [-0.25, -0.2) is 0 Å². The van der Waals surface area contributed by atoms with Crippen LogP contribution in [0.2, 0.25) is 5.02 Å². The molecule has 3 N–H and O–H groups in total. The summed E-state index contributed by atoms with van der Waals surface area (Å²) in [6.45, 7) is 2.45. The fourth-order valence-electron chi connectivity index (χ4n) is 1.90. The maximum absolute atomic E-state index is 6.05. The zero-order valence-corrected chi connectivity index (χ0v) is 13.3. The zero-order chi connectivity index (χ0) is 15.9. The number of hydrogen-bond donors (Lipinski definition) is 2. The predicted molar refractivity (Wildman–Crippen MR) is 88.6 cm³/mol. The van der Waals surface area contributed by atoms with Gasteiger partial charge in [0.15, 0.2) is 5.96 Å². The Morgan fingerprint density at radius 3 is 2.82 bits per heavy atom. The number of nitrogens with two attached hydrogens (primary N) is 1. The number of hydrogen-bond acceptors (Lipinski definition) is 4. The first kappa shape index (κ1) is 16.0. The molecule has 0 atom stereocenters. The van der Waals surface area contributed by atoms with Gasteiger partial charge in [-0.3, -0.25) is 15.0 Å². The number of halogens is 1. The number of aliphatic imine (C=N–C) groups is 1. The second-order valence-corrected chi connectivity index (χ2v) is 4.99. The van der Waals surface area contributed by atoms with Crippen LogP contribution in [0.25, 0.3) is 0 Å². The molecule has 1 heterocycles. The number of nitrogens with one attached hydrogen (secondary N) is 1. The lowest BCUT2D eigenvalue weighted by atomic mass is 10.2. The molecule has 0 saturated carbocycles. The molecule has 0 aliphatic heterocycles. The maximum Gasteiger partial charge on any atom is 0.193 e. The quantitative estimate of drug-likeness (QED) is 0.653. The highest BCUT2D eigenvalue weighted by molar-refractivity contribution is 6.32. The minimum Gasteiger partial charge on any atom is -0.495 e. The van der Waals surface area contributed by atoms with Crippen LogP contribution in [0.3, 0.4) is 0 Å². The summed E-state index contributed by atoms with van der Waals surface area (Å²) >= 11 is 6.05. The largest absolute Gasteiger partial charge is 0.495 e. The molecule has 0 unspecified atom stereocenters. The minimum atomic E-state index is 0.322. The lowest BCUT2D eigenvalue weighted by molar-refractivity contribution is 0.415. The van der Waals surface area contributed by atoms with Crippen molar-refractivity contribution in [2.24, 2.45) is 10.7 Å². The van der Waals surface area contributed by atoms with E-state index in [2.05, 4.69) is 20.3 Å². The Kier molecular flexibility index (Phi) is 5.55. The summed E-state index contributed by atoms with van der Waals surface area (Å²) in [7, 11) is 1.57. The van der Waals surface area contributed by atoms with Gasteiger partial charge < -0.3 is 15.8 Å². The van der Waals surface area contributed by atoms with Crippen molar-refractivity contribution in [1.29, 1.82) is 0 Å². The van der Waals surface area contributed by atoms with Gasteiger partial charge in [-0.1, -0.05) is 11.6 Å². The molecule has 0 saturated heterocycles. The van der Waals surface area contributed by atoms with E-state index in [4.69, 9.17) is 22.1 Å². The lowest BCUT2D eigenvalue weighted by Gasteiger charge is -2.08. The molecule has 2 rings (SSSR count). The van der Waals surface area contributed by atoms with E-state index in [-0.39, 0.29) is 0 Å². The van der Waals surface area contributed by atoms with Gasteiger partial charge in [0, 0.05) is 31.0 Å². The first-order chi connectivity index (χ1) is 10.6. The van der Waals surface area contributed by atoms with Gasteiger partial charge in [0.1, 0.15) is 5.75 Å². The zero-order valence-electron chi connectivity index (χ0n) is 12.5. The predicted octanol–water partition coefficient (Wildman–Crippen LogP) is 2.42. The molecule has 6 nitrogen and oxygen atoms in total. The highest BCUT2D eigenvalue weighted by Gasteiger charge is 2.03. The Bertz CT molecular complexity index is 675. The van der Waals surface area contributed by atoms with E-state index in [1.165, 1.54) is 0 Å². The van der Waals surface area contributed by atoms with E-state index in [0.29, 0.717) is 29.7 Å². The van der Waals surface area contributed by atoms with Crippen LogP contribution in [0, 0.1) is 6.92 Å². The first-order valence-electron chi connectivity index (χ1n) is 6.77. The number of nitrogens with zero attached hydrogens (tertiary/aromatic N) is 3. The molecule has 0 radical (unpaired) electrons. The van der Waals surface area contributed by atoms with Crippen molar-refractivity contribution in [2.45, 2.75) is 13.3 Å². The van der Waals surface area contributed by atoms with Gasteiger partial charge in [-0.15, -0.1) is 0 Å². The number of aromatic nitrogens is 2. The molecule has 0 aliphatic rings. The molecule has 7 heteroatoms. The fraction of sp³-hybridized carbons (Fsp3) is 0.267. The minimum absolute atomic E-state index is 0.322. The van der Waals surface area contributed by atoms with E-state index in [1.54, 1.807) is 31.6 Å². The van der Waals surface area contributed by atoms with Gasteiger partial charge in [-0.2, -0.15) is 0 Å². The average Bonchev–Trinajstić information content (AvgIpc) is 2.49. The third-order valence-corrected chi connectivity index (χ3v) is 3.33. The van der Waals surface area contributed by atoms with Gasteiger partial charge >= 0.3 is 0 Å². The number of aryl methyl sites for hydroxylation is 1. The molecule has 116 valence electrons. The molecule has 2 aromatic rings. The van der Waals surface area contributed by atoms with Crippen LogP contribution in [0.15, 0.2) is 35.6 Å². The SMILES string of the molecule is COc1ccc(NC(N)=NCCc2nccnc2C)cc1Cl. The van der Waals surface area contributed by atoms with Crippen molar-refractivity contribution in [3.8, 4) is 5.75 Å². The second kappa shape index (κ2) is 7.61. The Labute approximate surface area is 134 Å². The molecule has 22 heavy (non-hydrogen) atoms. The van der Waals surface area contributed by atoms with Crippen LogP contribution < -0.4 is 15.8 Å². The number of guanidine groups is 1. The van der Waals surface area contributed by atoms with Crippen molar-refractivity contribution >= 4 is 23.2 Å². The third-order valence-electron chi connectivity index (χ3n) is 3.04. The Balaban J connectivity index is 1.93. The highest BCUT2D eigenvalue weighted by Crippen LogP contribution is 2.26. The second-order valence-electron chi connectivity index (χ2n) is 4.58. The highest BCUT2D eigenvalue weighted by atomic mass is 35.5. The van der Waals surface area contributed by atoms with Crippen LogP contribution in [0.5, 0.6) is 5.75 Å². The summed E-state index contributed by atoms with van der Waals surface area (Å²) in [5.74, 6) is 0.934. The molecule has 0 fully saturated rings. The van der Waals surface area contributed by atoms with Crippen LogP contribution in [-0.2, 0) is 6.42 Å². The normalized spacial score (nSPS) is 11.3. The molecule has 0 aliphatic carbocycles. The Hall–Kier alpha value is -2.34. The maximum atomic E-state index is 6.05. The summed E-state index contributed by atoms with van der Waals surface area (Å²) in [5, 5.41) is 3.50. The summed E-state index contributed by atoms with van der Waals surface area (Å²) < 4.78 is 5.10. The summed E-state index contributed by atoms with van der Waals surface area (Å²) in [4.78, 5) is 12.7. The van der Waals surface area contributed by atoms with Crippen LogP contribution in [0.1, 0.15) is 11.4 Å². The number of rotatable bonds is 5. The van der Waals surface area contributed by atoms with Crippen molar-refractivity contribution in [2.75, 3.05) is 19.0 Å². The third kappa shape index (κ3) is 4.33. The van der Waals surface area contributed by atoms with Crippen molar-refractivity contribution in [3.63, 3.8) is 0 Å². The average molecular weight is 320 g/mol. The monoisotopic (exact) mass is 319 g/mol. The van der Waals surface area contributed by atoms with Crippen molar-refractivity contribution in [3.05, 3.63) is 47.0 Å².